The summed E-state index contributed by atoms with van der Waals surface area (Å²) >= 11 is 5.67. The van der Waals surface area contributed by atoms with Gasteiger partial charge < -0.3 is 33.4 Å². The van der Waals surface area contributed by atoms with Crippen molar-refractivity contribution in [3.8, 4) is 0 Å². The second-order valence-electron chi connectivity index (χ2n) is 12.4. The Morgan fingerprint density at radius 1 is 0.907 bits per heavy atom. The van der Waals surface area contributed by atoms with Crippen molar-refractivity contribution >= 4 is 55.2 Å². The summed E-state index contributed by atoms with van der Waals surface area (Å²) in [5, 5.41) is 10.8. The summed E-state index contributed by atoms with van der Waals surface area (Å²) in [5.74, 6) is -7.18. The van der Waals surface area contributed by atoms with Gasteiger partial charge in [-0.05, 0) is 43.8 Å². The van der Waals surface area contributed by atoms with Gasteiger partial charge in [-0.3, -0.25) is 19.2 Å². The van der Waals surface area contributed by atoms with Gasteiger partial charge in [-0.25, -0.2) is 4.79 Å². The monoisotopic (exact) mass is 647 g/mol. The van der Waals surface area contributed by atoms with Gasteiger partial charge in [0.05, 0.1) is 37.2 Å². The van der Waals surface area contributed by atoms with Crippen molar-refractivity contribution in [2.45, 2.75) is 105 Å². The average Bonchev–Trinajstić information content (AvgIpc) is 2.88. The van der Waals surface area contributed by atoms with Crippen LogP contribution in [0, 0.1) is 23.7 Å². The van der Waals surface area contributed by atoms with Crippen LogP contribution in [0.3, 0.4) is 0 Å². The topological polar surface area (TPSA) is 155 Å². The number of carbonyl (C=O) groups is 5. The maximum Gasteiger partial charge on any atom is 0.359 e. The van der Waals surface area contributed by atoms with E-state index in [4.69, 9.17) is 35.6 Å². The first-order chi connectivity index (χ1) is 19.7. The van der Waals surface area contributed by atoms with Crippen LogP contribution in [-0.4, -0.2) is 91.4 Å². The Morgan fingerprint density at radius 3 is 1.84 bits per heavy atom. The highest BCUT2D eigenvalue weighted by atomic mass is 32.1. The SMILES string of the molecule is CCOC(=O)C(CC(=S)[C@H](C)[C@@H]1[C@@H]([C@@H](C)O[Si](C)(C)C(C)(C)C)C(=O)N1C(O)C(=O)OCOC(=O)C(C)C)C(=O)OCC. The molecule has 0 radical (unpaired) electrons. The van der Waals surface area contributed by atoms with Crippen LogP contribution in [-0.2, 0) is 47.3 Å². The van der Waals surface area contributed by atoms with E-state index in [1.165, 1.54) is 0 Å². The minimum absolute atomic E-state index is 0.0487. The number of β-lactam (4-membered cyclic amide) rings is 1. The number of aliphatic hydroxyl groups is 1. The van der Waals surface area contributed by atoms with Crippen molar-refractivity contribution < 1.29 is 52.5 Å². The summed E-state index contributed by atoms with van der Waals surface area (Å²) in [7, 11) is -2.35. The highest BCUT2D eigenvalue weighted by Crippen LogP contribution is 2.43. The number of ether oxygens (including phenoxy) is 4. The summed E-state index contributed by atoms with van der Waals surface area (Å²) < 4.78 is 26.4. The number of amides is 1. The van der Waals surface area contributed by atoms with Crippen molar-refractivity contribution in [2.75, 3.05) is 20.0 Å². The van der Waals surface area contributed by atoms with Crippen molar-refractivity contribution in [1.82, 2.24) is 4.90 Å². The summed E-state index contributed by atoms with van der Waals surface area (Å²) in [5.41, 5.74) is 0. The molecule has 1 N–H and O–H groups in total. The van der Waals surface area contributed by atoms with Gasteiger partial charge in [0.15, 0.2) is 14.2 Å². The molecule has 1 fully saturated rings. The van der Waals surface area contributed by atoms with E-state index in [2.05, 4.69) is 20.8 Å². The largest absolute Gasteiger partial charge is 0.465 e. The van der Waals surface area contributed by atoms with Crippen LogP contribution in [0.5, 0.6) is 0 Å². The van der Waals surface area contributed by atoms with Crippen LogP contribution < -0.4 is 0 Å². The van der Waals surface area contributed by atoms with Crippen LogP contribution in [0.2, 0.25) is 18.1 Å². The third-order valence-corrected chi connectivity index (χ3v) is 13.0. The first-order valence-corrected chi connectivity index (χ1v) is 17.9. The van der Waals surface area contributed by atoms with Crippen molar-refractivity contribution in [3.05, 3.63) is 0 Å². The molecule has 0 aromatic rings. The molecule has 14 heteroatoms. The van der Waals surface area contributed by atoms with Gasteiger partial charge in [-0.1, -0.05) is 53.8 Å². The molecule has 1 amide bonds. The van der Waals surface area contributed by atoms with Crippen molar-refractivity contribution in [3.63, 3.8) is 0 Å². The van der Waals surface area contributed by atoms with Crippen molar-refractivity contribution in [1.29, 1.82) is 0 Å². The molecule has 0 bridgehead atoms. The fourth-order valence-electron chi connectivity index (χ4n) is 4.41. The Hall–Kier alpha value is -2.42. The number of esters is 4. The van der Waals surface area contributed by atoms with Crippen LogP contribution in [0.15, 0.2) is 0 Å². The Kier molecular flexibility index (Phi) is 14.4. The van der Waals surface area contributed by atoms with E-state index in [1.54, 1.807) is 41.5 Å². The maximum atomic E-state index is 13.5. The van der Waals surface area contributed by atoms with E-state index >= 15 is 0 Å². The number of nitrogens with zero attached hydrogens (tertiary/aromatic N) is 1. The molecule has 0 aromatic heterocycles. The predicted octanol–water partition coefficient (Wildman–Crippen LogP) is 3.38. The number of thiocarbonyl (C=S) groups is 1. The van der Waals surface area contributed by atoms with Crippen LogP contribution >= 0.6 is 12.2 Å². The first kappa shape index (κ1) is 38.6. The lowest BCUT2D eigenvalue weighted by Gasteiger charge is -2.54. The molecule has 0 aromatic carbocycles. The molecule has 246 valence electrons. The minimum Gasteiger partial charge on any atom is -0.465 e. The number of hydrogen-bond acceptors (Lipinski definition) is 12. The third-order valence-electron chi connectivity index (χ3n) is 7.94. The minimum atomic E-state index is -2.35. The normalized spacial score (nSPS) is 19.3. The Labute approximate surface area is 261 Å². The highest BCUT2D eigenvalue weighted by molar-refractivity contribution is 7.80. The average molecular weight is 648 g/mol. The molecule has 1 unspecified atom stereocenters. The summed E-state index contributed by atoms with van der Waals surface area (Å²) in [6.07, 6.45) is -2.84. The number of rotatable bonds is 16. The lowest BCUT2D eigenvalue weighted by atomic mass is 9.74. The van der Waals surface area contributed by atoms with Crippen LogP contribution in [0.4, 0.5) is 0 Å². The van der Waals surface area contributed by atoms with Crippen LogP contribution in [0.1, 0.15) is 68.7 Å². The fourth-order valence-corrected chi connectivity index (χ4v) is 6.15. The fraction of sp³-hybridized carbons (Fsp3) is 0.793. The quantitative estimate of drug-likeness (QED) is 0.0497. The van der Waals surface area contributed by atoms with Gasteiger partial charge in [-0.15, -0.1) is 0 Å². The van der Waals surface area contributed by atoms with E-state index in [0.717, 1.165) is 4.90 Å². The second-order valence-corrected chi connectivity index (χ2v) is 17.7. The zero-order valence-corrected chi connectivity index (χ0v) is 29.1. The molecular formula is C29H49NO11SSi. The Balaban J connectivity index is 3.33. The number of hydrogen-bond donors (Lipinski definition) is 1. The van der Waals surface area contributed by atoms with Gasteiger partial charge in [0.25, 0.3) is 0 Å². The van der Waals surface area contributed by atoms with Gasteiger partial charge in [0.2, 0.25) is 18.9 Å². The smallest absolute Gasteiger partial charge is 0.359 e. The summed E-state index contributed by atoms with van der Waals surface area (Å²) in [6, 6.07) is -0.842. The molecule has 1 aliphatic heterocycles. The van der Waals surface area contributed by atoms with E-state index in [9.17, 15) is 29.1 Å². The maximum absolute atomic E-state index is 13.5. The number of likely N-dealkylation sites (tertiary alicyclic amines) is 1. The lowest BCUT2D eigenvalue weighted by Crippen LogP contribution is -2.72. The zero-order valence-electron chi connectivity index (χ0n) is 27.3. The Morgan fingerprint density at radius 2 is 1.40 bits per heavy atom. The third kappa shape index (κ3) is 9.78. The molecule has 0 aliphatic carbocycles. The molecule has 1 heterocycles. The molecule has 5 atom stereocenters. The van der Waals surface area contributed by atoms with E-state index in [1.807, 2.05) is 13.1 Å². The molecule has 1 rings (SSSR count). The van der Waals surface area contributed by atoms with E-state index < -0.39 is 86.9 Å². The standard InChI is InChI=1S/C29H49NO11SSi/c1-12-37-26(34)19(27(35)38-13-2)14-20(42)17(5)22-21(18(6)41-43(10,11)29(7,8)9)23(31)30(22)24(32)28(36)40-15-39-25(33)16(3)4/h16-19,21-22,24,32H,12-15H2,1-11H3/t17-,18+,21+,22+,24?/m0/s1. The van der Waals surface area contributed by atoms with E-state index in [-0.39, 0.29) is 29.5 Å². The molecule has 43 heavy (non-hydrogen) atoms. The van der Waals surface area contributed by atoms with Crippen LogP contribution in [0.25, 0.3) is 0 Å². The molecular weight excluding hydrogens is 598 g/mol. The van der Waals surface area contributed by atoms with Gasteiger partial charge in [-0.2, -0.15) is 0 Å². The predicted molar refractivity (Wildman–Crippen MR) is 163 cm³/mol. The lowest BCUT2D eigenvalue weighted by molar-refractivity contribution is -0.205. The van der Waals surface area contributed by atoms with Gasteiger partial charge in [0, 0.05) is 12.3 Å². The molecule has 12 nitrogen and oxygen atoms in total. The van der Waals surface area contributed by atoms with Crippen molar-refractivity contribution in [2.24, 2.45) is 23.7 Å². The molecule has 0 spiro atoms. The Bertz CT molecular complexity index is 1020. The van der Waals surface area contributed by atoms with E-state index in [0.29, 0.717) is 0 Å². The number of aliphatic hydroxyl groups excluding tert-OH is 1. The summed E-state index contributed by atoms with van der Waals surface area (Å²) in [6.45, 7) is 19.5. The van der Waals surface area contributed by atoms with Gasteiger partial charge >= 0.3 is 23.9 Å². The molecule has 1 saturated heterocycles. The second kappa shape index (κ2) is 16.1. The molecule has 1 aliphatic rings. The highest BCUT2D eigenvalue weighted by Gasteiger charge is 2.58. The molecule has 0 saturated carbocycles. The number of carbonyl (C=O) groups excluding carboxylic acids is 5. The summed E-state index contributed by atoms with van der Waals surface area (Å²) in [4.78, 5) is 64.3. The van der Waals surface area contributed by atoms with Gasteiger partial charge in [0.1, 0.15) is 0 Å². The first-order valence-electron chi connectivity index (χ1n) is 14.6. The zero-order chi connectivity index (χ0) is 33.4.